The average Bonchev–Trinajstić information content (AvgIpc) is 2.60. The van der Waals surface area contributed by atoms with Crippen molar-refractivity contribution in [2.24, 2.45) is 11.8 Å². The summed E-state index contributed by atoms with van der Waals surface area (Å²) in [6.45, 7) is 3.70. The molecule has 0 bridgehead atoms. The van der Waals surface area contributed by atoms with Gasteiger partial charge in [-0.15, -0.1) is 0 Å². The molecule has 25 heavy (non-hydrogen) atoms. The number of amides is 2. The molecule has 0 spiro atoms. The summed E-state index contributed by atoms with van der Waals surface area (Å²) in [4.78, 5) is 39.6. The summed E-state index contributed by atoms with van der Waals surface area (Å²) in [5.41, 5.74) is 2.25. The minimum atomic E-state index is -0.996. The van der Waals surface area contributed by atoms with Gasteiger partial charge in [0, 0.05) is 17.4 Å². The van der Waals surface area contributed by atoms with Gasteiger partial charge in [-0.2, -0.15) is 0 Å². The van der Waals surface area contributed by atoms with Gasteiger partial charge < -0.3 is 4.74 Å². The van der Waals surface area contributed by atoms with Crippen LogP contribution in [0.25, 0.3) is 0 Å². The summed E-state index contributed by atoms with van der Waals surface area (Å²) in [6.07, 6.45) is 0. The van der Waals surface area contributed by atoms with E-state index in [1.54, 1.807) is 31.2 Å². The zero-order valence-electron chi connectivity index (χ0n) is 13.9. The highest BCUT2D eigenvalue weighted by molar-refractivity contribution is 6.23. The molecular formula is C20H17NO4. The Morgan fingerprint density at radius 2 is 1.60 bits per heavy atom. The van der Waals surface area contributed by atoms with E-state index in [0.29, 0.717) is 11.4 Å². The van der Waals surface area contributed by atoms with E-state index >= 15 is 0 Å². The third kappa shape index (κ3) is 2.27. The van der Waals surface area contributed by atoms with E-state index in [1.165, 1.54) is 0 Å². The molecule has 0 saturated carbocycles. The molecule has 126 valence electrons. The standard InChI is InChI=1S/C20H17NO4/c1-11-7-9-13(10-8-11)21-18(22)12(2)16-14-5-3-4-6-15(14)25-20(24)17(16)19(21)23/h3-10,12,16-17H,1-2H3/t12-,16+,17-/m1/s1. The zero-order valence-corrected chi connectivity index (χ0v) is 13.9. The van der Waals surface area contributed by atoms with Crippen LogP contribution in [-0.2, 0) is 14.4 Å². The summed E-state index contributed by atoms with van der Waals surface area (Å²) >= 11 is 0. The molecular weight excluding hydrogens is 318 g/mol. The molecule has 5 heteroatoms. The van der Waals surface area contributed by atoms with Crippen LogP contribution in [0, 0.1) is 18.8 Å². The number of anilines is 1. The highest BCUT2D eigenvalue weighted by Crippen LogP contribution is 2.46. The Kier molecular flexibility index (Phi) is 3.46. The molecule has 5 nitrogen and oxygen atoms in total. The Bertz CT molecular complexity index is 887. The molecule has 0 unspecified atom stereocenters. The third-order valence-electron chi connectivity index (χ3n) is 5.03. The van der Waals surface area contributed by atoms with Crippen LogP contribution in [-0.4, -0.2) is 17.8 Å². The molecule has 4 rings (SSSR count). The number of benzene rings is 2. The van der Waals surface area contributed by atoms with Crippen molar-refractivity contribution in [3.63, 3.8) is 0 Å². The molecule has 0 radical (unpaired) electrons. The second-order valence-corrected chi connectivity index (χ2v) is 6.60. The monoisotopic (exact) mass is 335 g/mol. The highest BCUT2D eigenvalue weighted by atomic mass is 16.5. The van der Waals surface area contributed by atoms with Gasteiger partial charge >= 0.3 is 5.97 Å². The number of rotatable bonds is 1. The van der Waals surface area contributed by atoms with Gasteiger partial charge in [-0.1, -0.05) is 42.8 Å². The minimum absolute atomic E-state index is 0.292. The van der Waals surface area contributed by atoms with Crippen LogP contribution in [0.2, 0.25) is 0 Å². The maximum atomic E-state index is 13.0. The smallest absolute Gasteiger partial charge is 0.324 e. The van der Waals surface area contributed by atoms with Crippen molar-refractivity contribution < 1.29 is 19.1 Å². The minimum Gasteiger partial charge on any atom is -0.426 e. The summed E-state index contributed by atoms with van der Waals surface area (Å²) in [5.74, 6) is -2.95. The molecule has 2 aromatic carbocycles. The Morgan fingerprint density at radius 1 is 0.920 bits per heavy atom. The maximum absolute atomic E-state index is 13.0. The van der Waals surface area contributed by atoms with Crippen molar-refractivity contribution in [3.05, 3.63) is 59.7 Å². The van der Waals surface area contributed by atoms with Crippen molar-refractivity contribution in [1.29, 1.82) is 0 Å². The molecule has 3 atom stereocenters. The number of hydrogen-bond donors (Lipinski definition) is 0. The van der Waals surface area contributed by atoms with Gasteiger partial charge in [0.05, 0.1) is 5.69 Å². The molecule has 0 aromatic heterocycles. The number of para-hydroxylation sites is 1. The largest absolute Gasteiger partial charge is 0.426 e. The number of carbonyl (C=O) groups is 3. The van der Waals surface area contributed by atoms with E-state index in [0.717, 1.165) is 16.0 Å². The summed E-state index contributed by atoms with van der Waals surface area (Å²) < 4.78 is 5.36. The van der Waals surface area contributed by atoms with Gasteiger partial charge in [0.2, 0.25) is 11.8 Å². The van der Waals surface area contributed by atoms with Gasteiger partial charge in [-0.3, -0.25) is 14.4 Å². The summed E-state index contributed by atoms with van der Waals surface area (Å²) in [6, 6.07) is 14.2. The van der Waals surface area contributed by atoms with Crippen molar-refractivity contribution >= 4 is 23.5 Å². The Morgan fingerprint density at radius 3 is 2.32 bits per heavy atom. The van der Waals surface area contributed by atoms with Crippen LogP contribution in [0.1, 0.15) is 24.0 Å². The van der Waals surface area contributed by atoms with Crippen molar-refractivity contribution in [2.45, 2.75) is 19.8 Å². The summed E-state index contributed by atoms with van der Waals surface area (Å²) in [5, 5.41) is 0. The number of carbonyl (C=O) groups excluding carboxylic acids is 3. The van der Waals surface area contributed by atoms with Crippen LogP contribution >= 0.6 is 0 Å². The lowest BCUT2D eigenvalue weighted by molar-refractivity contribution is -0.151. The van der Waals surface area contributed by atoms with Crippen LogP contribution in [0.15, 0.2) is 48.5 Å². The first-order valence-corrected chi connectivity index (χ1v) is 8.24. The van der Waals surface area contributed by atoms with E-state index in [9.17, 15) is 14.4 Å². The van der Waals surface area contributed by atoms with E-state index in [2.05, 4.69) is 0 Å². The average molecular weight is 335 g/mol. The lowest BCUT2D eigenvalue weighted by Gasteiger charge is -2.41. The first-order valence-electron chi connectivity index (χ1n) is 8.24. The molecule has 2 heterocycles. The SMILES string of the molecule is Cc1ccc(N2C(=O)[C@@H]3C(=O)Oc4ccccc4[C@@H]3[C@@H](C)C2=O)cc1. The fraction of sp³-hybridized carbons (Fsp3) is 0.250. The number of nitrogens with zero attached hydrogens (tertiary/aromatic N) is 1. The lowest BCUT2D eigenvalue weighted by Crippen LogP contribution is -2.57. The predicted molar refractivity (Wildman–Crippen MR) is 91.1 cm³/mol. The molecule has 2 aliphatic rings. The molecule has 0 aliphatic carbocycles. The third-order valence-corrected chi connectivity index (χ3v) is 5.03. The van der Waals surface area contributed by atoms with Gasteiger partial charge in [-0.25, -0.2) is 4.90 Å². The molecule has 1 saturated heterocycles. The number of fused-ring (bicyclic) bond motifs is 3. The molecule has 2 aliphatic heterocycles. The molecule has 0 N–H and O–H groups in total. The Hall–Kier alpha value is -2.95. The van der Waals surface area contributed by atoms with E-state index in [-0.39, 0.29) is 5.91 Å². The number of aryl methyl sites for hydroxylation is 1. The molecule has 1 fully saturated rings. The van der Waals surface area contributed by atoms with Crippen LogP contribution in [0.4, 0.5) is 5.69 Å². The Balaban J connectivity index is 1.81. The van der Waals surface area contributed by atoms with E-state index in [4.69, 9.17) is 4.74 Å². The van der Waals surface area contributed by atoms with Crippen molar-refractivity contribution in [3.8, 4) is 5.75 Å². The molecule has 2 aromatic rings. The van der Waals surface area contributed by atoms with Crippen LogP contribution in [0.5, 0.6) is 5.75 Å². The predicted octanol–water partition coefficient (Wildman–Crippen LogP) is 2.82. The second-order valence-electron chi connectivity index (χ2n) is 6.60. The van der Waals surface area contributed by atoms with Gasteiger partial charge in [0.15, 0.2) is 0 Å². The fourth-order valence-corrected chi connectivity index (χ4v) is 3.71. The normalized spacial score (nSPS) is 25.3. The number of ether oxygens (including phenoxy) is 1. The first kappa shape index (κ1) is 15.6. The number of piperidine rings is 1. The van der Waals surface area contributed by atoms with Crippen LogP contribution < -0.4 is 9.64 Å². The van der Waals surface area contributed by atoms with E-state index in [1.807, 2.05) is 31.2 Å². The Labute approximate surface area is 145 Å². The highest BCUT2D eigenvalue weighted by Gasteiger charge is 2.54. The van der Waals surface area contributed by atoms with Crippen LogP contribution in [0.3, 0.4) is 0 Å². The topological polar surface area (TPSA) is 63.7 Å². The zero-order chi connectivity index (χ0) is 17.7. The summed E-state index contributed by atoms with van der Waals surface area (Å²) in [7, 11) is 0. The van der Waals surface area contributed by atoms with Gasteiger partial charge in [-0.05, 0) is 25.1 Å². The fourth-order valence-electron chi connectivity index (χ4n) is 3.71. The molecule has 2 amide bonds. The van der Waals surface area contributed by atoms with E-state index < -0.39 is 29.6 Å². The van der Waals surface area contributed by atoms with Crippen molar-refractivity contribution in [2.75, 3.05) is 4.90 Å². The van der Waals surface area contributed by atoms with Gasteiger partial charge in [0.1, 0.15) is 11.7 Å². The lowest BCUT2D eigenvalue weighted by atomic mass is 9.72. The van der Waals surface area contributed by atoms with Gasteiger partial charge in [0.25, 0.3) is 0 Å². The number of imide groups is 1. The second kappa shape index (κ2) is 5.55. The van der Waals surface area contributed by atoms with Crippen molar-refractivity contribution in [1.82, 2.24) is 0 Å². The quantitative estimate of drug-likeness (QED) is 0.348. The maximum Gasteiger partial charge on any atom is 0.324 e. The number of esters is 1. The number of hydrogen-bond acceptors (Lipinski definition) is 4. The first-order chi connectivity index (χ1) is 12.0.